The predicted octanol–water partition coefficient (Wildman–Crippen LogP) is -1.79. The average Bonchev–Trinajstić information content (AvgIpc) is 3.01. The number of H-pyrrole nitrogens is 1. The van der Waals surface area contributed by atoms with Crippen molar-refractivity contribution in [3.8, 4) is 11.3 Å². The van der Waals surface area contributed by atoms with Gasteiger partial charge in [0.25, 0.3) is 11.9 Å². The summed E-state index contributed by atoms with van der Waals surface area (Å²) in [6.07, 6.45) is 0. The van der Waals surface area contributed by atoms with Crippen LogP contribution in [0.3, 0.4) is 0 Å². The molecule has 0 saturated carbocycles. The molecule has 1 aromatic carbocycles. The first-order chi connectivity index (χ1) is 10.2. The zero-order valence-corrected chi connectivity index (χ0v) is 13.8. The molecule has 0 aliphatic heterocycles. The third-order valence-corrected chi connectivity index (χ3v) is 2.76. The number of anilines is 2. The normalized spacial score (nSPS) is 9.82. The molecule has 0 fully saturated rings. The van der Waals surface area contributed by atoms with Gasteiger partial charge < -0.3 is 7.16 Å². The van der Waals surface area contributed by atoms with E-state index in [1.54, 1.807) is 24.3 Å². The van der Waals surface area contributed by atoms with Crippen LogP contribution in [0.1, 0.15) is 11.9 Å². The van der Waals surface area contributed by atoms with Gasteiger partial charge in [0.1, 0.15) is 5.69 Å². The molecule has 0 bridgehead atoms. The molecule has 8 nitrogen and oxygen atoms in total. The first kappa shape index (κ1) is 16.1. The number of hydrogen-bond acceptors (Lipinski definition) is 6. The summed E-state index contributed by atoms with van der Waals surface area (Å²) in [5.41, 5.74) is 8.13. The number of pyridine rings is 1. The van der Waals surface area contributed by atoms with Crippen molar-refractivity contribution in [1.29, 1.82) is 0 Å². The fourth-order valence-corrected chi connectivity index (χ4v) is 1.76. The van der Waals surface area contributed by atoms with Crippen LogP contribution in [0.4, 0.5) is 11.6 Å². The van der Waals surface area contributed by atoms with E-state index < -0.39 is 5.91 Å². The maximum Gasteiger partial charge on any atom is 1.00 e. The number of carbonyl (C=O) groups excluding carboxylic acids is 1. The van der Waals surface area contributed by atoms with Crippen LogP contribution in [0.2, 0.25) is 0 Å². The summed E-state index contributed by atoms with van der Waals surface area (Å²) in [6, 6.07) is 12.4. The van der Waals surface area contributed by atoms with Gasteiger partial charge >= 0.3 is 29.6 Å². The van der Waals surface area contributed by atoms with E-state index in [9.17, 15) is 4.79 Å². The summed E-state index contributed by atoms with van der Waals surface area (Å²) in [5, 5.41) is 15.4. The minimum Gasteiger partial charge on any atom is -1.00 e. The molecular weight excluding hydrogens is 293 g/mol. The van der Waals surface area contributed by atoms with Gasteiger partial charge in [0.15, 0.2) is 0 Å². The second kappa shape index (κ2) is 7.12. The quantitative estimate of drug-likeness (QED) is 0.388. The number of tetrazole rings is 1. The van der Waals surface area contributed by atoms with Crippen molar-refractivity contribution in [3.05, 3.63) is 48.2 Å². The monoisotopic (exact) mass is 305 g/mol. The van der Waals surface area contributed by atoms with Gasteiger partial charge in [0.2, 0.25) is 0 Å². The molecule has 4 N–H and O–H groups in total. The van der Waals surface area contributed by atoms with Crippen LogP contribution in [-0.4, -0.2) is 31.5 Å². The van der Waals surface area contributed by atoms with Gasteiger partial charge in [-0.1, -0.05) is 23.3 Å². The van der Waals surface area contributed by atoms with E-state index in [-0.39, 0.29) is 42.6 Å². The Morgan fingerprint density at radius 2 is 1.95 bits per heavy atom. The van der Waals surface area contributed by atoms with E-state index in [4.69, 9.17) is 5.73 Å². The van der Waals surface area contributed by atoms with Gasteiger partial charge in [0.05, 0.1) is 5.69 Å². The van der Waals surface area contributed by atoms with Crippen LogP contribution in [0.5, 0.6) is 0 Å². The largest absolute Gasteiger partial charge is 1.00 e. The summed E-state index contributed by atoms with van der Waals surface area (Å²) in [4.78, 5) is 16.3. The Bertz CT molecular complexity index is 764. The van der Waals surface area contributed by atoms with Gasteiger partial charge in [-0.25, -0.2) is 4.98 Å². The molecule has 3 aromatic rings. The summed E-state index contributed by atoms with van der Waals surface area (Å²) < 4.78 is 0. The average molecular weight is 305 g/mol. The van der Waals surface area contributed by atoms with Crippen molar-refractivity contribution < 1.29 is 35.8 Å². The number of nitrogen functional groups attached to an aromatic ring is 1. The fourth-order valence-electron chi connectivity index (χ4n) is 1.76. The summed E-state index contributed by atoms with van der Waals surface area (Å²) in [7, 11) is 0. The summed E-state index contributed by atoms with van der Waals surface area (Å²) in [6.45, 7) is 0. The Labute approximate surface area is 149 Å². The number of benzene rings is 1. The zero-order chi connectivity index (χ0) is 14.7. The SMILES string of the molecule is Nc1ccc(-c2cccc(C(=O)Nc3nn[nH]n3)n2)cc1.[H-].[Na+]. The van der Waals surface area contributed by atoms with Crippen LogP contribution in [0.15, 0.2) is 42.5 Å². The van der Waals surface area contributed by atoms with Crippen LogP contribution in [-0.2, 0) is 0 Å². The number of aromatic amines is 1. The number of nitrogens with one attached hydrogen (secondary N) is 2. The van der Waals surface area contributed by atoms with Gasteiger partial charge in [0, 0.05) is 11.3 Å². The molecule has 0 radical (unpaired) electrons. The van der Waals surface area contributed by atoms with Crippen LogP contribution >= 0.6 is 0 Å². The van der Waals surface area contributed by atoms with Gasteiger partial charge in [-0.3, -0.25) is 10.1 Å². The predicted molar refractivity (Wildman–Crippen MR) is 77.3 cm³/mol. The van der Waals surface area contributed by atoms with E-state index >= 15 is 0 Å². The van der Waals surface area contributed by atoms with Gasteiger partial charge in [-0.15, -0.1) is 5.10 Å². The second-order valence-electron chi connectivity index (χ2n) is 4.22. The third-order valence-electron chi connectivity index (χ3n) is 2.76. The van der Waals surface area contributed by atoms with Crippen molar-refractivity contribution in [1.82, 2.24) is 25.6 Å². The number of rotatable bonds is 3. The molecule has 2 aromatic heterocycles. The van der Waals surface area contributed by atoms with E-state index in [0.29, 0.717) is 11.4 Å². The zero-order valence-electron chi connectivity index (χ0n) is 12.8. The standard InChI is InChI=1S/C13H11N7O.Na.H/c14-9-6-4-8(5-7-9)10-2-1-3-11(15-10)12(21)16-13-17-19-20-18-13;;/h1-7H,14H2,(H2,16,17,18,19,20,21);;/q;+1;-1. The van der Waals surface area contributed by atoms with Crippen molar-refractivity contribution in [3.63, 3.8) is 0 Å². The first-order valence-electron chi connectivity index (χ1n) is 6.10. The Morgan fingerprint density at radius 3 is 2.64 bits per heavy atom. The summed E-state index contributed by atoms with van der Waals surface area (Å²) in [5.74, 6) is -0.312. The third kappa shape index (κ3) is 3.67. The number of hydrogen-bond donors (Lipinski definition) is 3. The Balaban J connectivity index is 0.00000132. The molecule has 0 unspecified atom stereocenters. The number of aromatic nitrogens is 5. The van der Waals surface area contributed by atoms with Crippen molar-refractivity contribution in [2.75, 3.05) is 11.1 Å². The molecule has 106 valence electrons. The molecule has 3 rings (SSSR count). The molecular formula is C13H12N7NaO. The Kier molecular flexibility index (Phi) is 5.21. The maximum absolute atomic E-state index is 12.0. The molecule has 22 heavy (non-hydrogen) atoms. The molecule has 0 saturated heterocycles. The smallest absolute Gasteiger partial charge is 1.00 e. The number of nitrogens with two attached hydrogens (primary N) is 1. The van der Waals surface area contributed by atoms with Gasteiger partial charge in [-0.05, 0) is 29.5 Å². The van der Waals surface area contributed by atoms with E-state index in [1.807, 2.05) is 18.2 Å². The minimum absolute atomic E-state index is 0. The molecule has 2 heterocycles. The first-order valence-corrected chi connectivity index (χ1v) is 6.10. The van der Waals surface area contributed by atoms with Gasteiger partial charge in [-0.2, -0.15) is 5.21 Å². The number of nitrogens with zero attached hydrogens (tertiary/aromatic N) is 4. The maximum atomic E-state index is 12.0. The van der Waals surface area contributed by atoms with E-state index in [1.165, 1.54) is 0 Å². The van der Waals surface area contributed by atoms with Crippen molar-refractivity contribution >= 4 is 17.5 Å². The molecule has 9 heteroatoms. The fraction of sp³-hybridized carbons (Fsp3) is 0. The van der Waals surface area contributed by atoms with Crippen molar-refractivity contribution in [2.24, 2.45) is 0 Å². The van der Waals surface area contributed by atoms with E-state index in [0.717, 1.165) is 5.56 Å². The molecule has 0 atom stereocenters. The number of amides is 1. The van der Waals surface area contributed by atoms with Crippen molar-refractivity contribution in [2.45, 2.75) is 0 Å². The molecule has 0 aliphatic rings. The Morgan fingerprint density at radius 1 is 1.18 bits per heavy atom. The van der Waals surface area contributed by atoms with Crippen LogP contribution in [0, 0.1) is 0 Å². The Hall–Kier alpha value is -2.29. The van der Waals surface area contributed by atoms with E-state index in [2.05, 4.69) is 30.9 Å². The second-order valence-corrected chi connectivity index (χ2v) is 4.22. The van der Waals surface area contributed by atoms with Crippen LogP contribution in [0.25, 0.3) is 11.3 Å². The van der Waals surface area contributed by atoms with Crippen LogP contribution < -0.4 is 40.6 Å². The molecule has 0 spiro atoms. The molecule has 1 amide bonds. The number of carbonyl (C=O) groups is 1. The molecule has 0 aliphatic carbocycles. The summed E-state index contributed by atoms with van der Waals surface area (Å²) >= 11 is 0. The topological polar surface area (TPSA) is 122 Å². The minimum atomic E-state index is -0.409.